The zero-order valence-corrected chi connectivity index (χ0v) is 16.9. The fraction of sp³-hybridized carbons (Fsp3) is 0.318. The number of methoxy groups -OCH3 is 1. The van der Waals surface area contributed by atoms with Crippen molar-refractivity contribution in [2.45, 2.75) is 25.9 Å². The van der Waals surface area contributed by atoms with Gasteiger partial charge in [0, 0.05) is 42.5 Å². The van der Waals surface area contributed by atoms with E-state index in [0.29, 0.717) is 39.6 Å². The third-order valence-electron chi connectivity index (χ3n) is 5.07. The van der Waals surface area contributed by atoms with Crippen molar-refractivity contribution in [1.82, 2.24) is 5.32 Å². The summed E-state index contributed by atoms with van der Waals surface area (Å²) in [6.07, 6.45) is 0. The summed E-state index contributed by atoms with van der Waals surface area (Å²) in [6.45, 7) is 6.15. The van der Waals surface area contributed by atoms with Crippen LogP contribution in [0.25, 0.3) is 22.3 Å². The molecule has 1 aromatic heterocycles. The number of halogens is 1. The van der Waals surface area contributed by atoms with Crippen LogP contribution in [0.1, 0.15) is 13.8 Å². The van der Waals surface area contributed by atoms with Gasteiger partial charge in [0.1, 0.15) is 17.1 Å². The second kappa shape index (κ2) is 7.49. The van der Waals surface area contributed by atoms with E-state index in [4.69, 9.17) is 20.8 Å². The fourth-order valence-electron chi connectivity index (χ4n) is 3.84. The molecule has 1 aliphatic rings. The molecule has 28 heavy (non-hydrogen) atoms. The third-order valence-corrected chi connectivity index (χ3v) is 5.37. The number of nitrogens with zero attached hydrogens (tertiary/aromatic N) is 1. The van der Waals surface area contributed by atoms with E-state index in [1.54, 1.807) is 19.2 Å². The summed E-state index contributed by atoms with van der Waals surface area (Å²) in [5.74, 6) is 1.07. The van der Waals surface area contributed by atoms with Gasteiger partial charge in [-0.2, -0.15) is 0 Å². The monoisotopic (exact) mass is 398 g/mol. The van der Waals surface area contributed by atoms with E-state index in [-0.39, 0.29) is 5.43 Å². The second-order valence-corrected chi connectivity index (χ2v) is 7.79. The number of fused-ring (bicyclic) bond motifs is 1. The molecule has 2 atom stereocenters. The van der Waals surface area contributed by atoms with Crippen molar-refractivity contribution in [3.63, 3.8) is 0 Å². The molecule has 0 bridgehead atoms. The third kappa shape index (κ3) is 3.60. The number of hydrogen-bond acceptors (Lipinski definition) is 5. The van der Waals surface area contributed by atoms with E-state index in [2.05, 4.69) is 24.1 Å². The molecule has 2 heterocycles. The lowest BCUT2D eigenvalue weighted by Gasteiger charge is -2.37. The maximum Gasteiger partial charge on any atom is 0.193 e. The number of benzene rings is 2. The van der Waals surface area contributed by atoms with Gasteiger partial charge in [0.25, 0.3) is 0 Å². The number of piperazine rings is 1. The van der Waals surface area contributed by atoms with Crippen molar-refractivity contribution in [2.24, 2.45) is 0 Å². The standard InChI is InChI=1S/C22H23ClN2O3/c1-13-11-25(12-14(2)24-13)16-5-7-20-17(9-16)19(26)10-22(28-20)15-4-6-21(27-3)18(23)8-15/h4-10,13-14,24H,11-12H2,1-3H3/t13-,14+. The first-order valence-electron chi connectivity index (χ1n) is 9.37. The Bertz CT molecular complexity index is 1070. The van der Waals surface area contributed by atoms with Gasteiger partial charge in [-0.05, 0) is 50.2 Å². The smallest absolute Gasteiger partial charge is 0.193 e. The lowest BCUT2D eigenvalue weighted by molar-refractivity contribution is 0.407. The number of hydrogen-bond donors (Lipinski definition) is 1. The summed E-state index contributed by atoms with van der Waals surface area (Å²) < 4.78 is 11.2. The molecule has 2 aromatic carbocycles. The van der Waals surface area contributed by atoms with Crippen LogP contribution in [0.5, 0.6) is 5.75 Å². The SMILES string of the molecule is COc1ccc(-c2cc(=O)c3cc(N4C[C@@H](C)N[C@@H](C)C4)ccc3o2)cc1Cl. The van der Waals surface area contributed by atoms with Crippen molar-refractivity contribution in [1.29, 1.82) is 0 Å². The first-order chi connectivity index (χ1) is 13.4. The van der Waals surface area contributed by atoms with Gasteiger partial charge < -0.3 is 19.4 Å². The minimum absolute atomic E-state index is 0.0683. The summed E-state index contributed by atoms with van der Waals surface area (Å²) in [4.78, 5) is 15.1. The van der Waals surface area contributed by atoms with Gasteiger partial charge >= 0.3 is 0 Å². The maximum absolute atomic E-state index is 12.8. The average Bonchev–Trinajstić information content (AvgIpc) is 2.67. The van der Waals surface area contributed by atoms with Gasteiger partial charge in [-0.1, -0.05) is 11.6 Å². The van der Waals surface area contributed by atoms with Crippen LogP contribution in [0.2, 0.25) is 5.02 Å². The van der Waals surface area contributed by atoms with Crippen LogP contribution in [-0.4, -0.2) is 32.3 Å². The zero-order chi connectivity index (χ0) is 19.8. The topological polar surface area (TPSA) is 54.7 Å². The minimum atomic E-state index is -0.0683. The average molecular weight is 399 g/mol. The summed E-state index contributed by atoms with van der Waals surface area (Å²) in [5.41, 5.74) is 2.27. The first kappa shape index (κ1) is 18.8. The van der Waals surface area contributed by atoms with Gasteiger partial charge in [-0.25, -0.2) is 0 Å². The van der Waals surface area contributed by atoms with Crippen LogP contribution in [0, 0.1) is 0 Å². The number of anilines is 1. The highest BCUT2D eigenvalue weighted by atomic mass is 35.5. The highest BCUT2D eigenvalue weighted by Gasteiger charge is 2.21. The van der Waals surface area contributed by atoms with E-state index in [9.17, 15) is 4.79 Å². The predicted octanol–water partition coefficient (Wildman–Crippen LogP) is 4.31. The molecule has 1 aliphatic heterocycles. The summed E-state index contributed by atoms with van der Waals surface area (Å²) >= 11 is 6.21. The molecule has 0 saturated carbocycles. The van der Waals surface area contributed by atoms with Crippen molar-refractivity contribution in [3.8, 4) is 17.1 Å². The van der Waals surface area contributed by atoms with E-state index in [0.717, 1.165) is 24.3 Å². The molecule has 0 amide bonds. The van der Waals surface area contributed by atoms with Gasteiger partial charge in [0.05, 0.1) is 17.5 Å². The molecule has 5 nitrogen and oxygen atoms in total. The summed E-state index contributed by atoms with van der Waals surface area (Å²) in [5, 5.41) is 4.58. The molecule has 1 N–H and O–H groups in total. The Labute approximate surface area is 168 Å². The second-order valence-electron chi connectivity index (χ2n) is 7.38. The molecule has 3 aromatic rings. The number of rotatable bonds is 3. The maximum atomic E-state index is 12.8. The molecule has 1 fully saturated rings. The lowest BCUT2D eigenvalue weighted by Crippen LogP contribution is -2.54. The predicted molar refractivity (Wildman–Crippen MR) is 114 cm³/mol. The van der Waals surface area contributed by atoms with Crippen LogP contribution in [0.4, 0.5) is 5.69 Å². The minimum Gasteiger partial charge on any atom is -0.495 e. The van der Waals surface area contributed by atoms with E-state index < -0.39 is 0 Å². The number of ether oxygens (including phenoxy) is 1. The summed E-state index contributed by atoms with van der Waals surface area (Å²) in [7, 11) is 1.56. The van der Waals surface area contributed by atoms with Crippen LogP contribution in [0.3, 0.4) is 0 Å². The Hall–Kier alpha value is -2.50. The molecule has 0 spiro atoms. The fourth-order valence-corrected chi connectivity index (χ4v) is 4.10. The molecular weight excluding hydrogens is 376 g/mol. The Morgan fingerprint density at radius 2 is 1.86 bits per heavy atom. The zero-order valence-electron chi connectivity index (χ0n) is 16.2. The van der Waals surface area contributed by atoms with Crippen LogP contribution in [-0.2, 0) is 0 Å². The summed E-state index contributed by atoms with van der Waals surface area (Å²) in [6, 6.07) is 13.5. The van der Waals surface area contributed by atoms with Gasteiger partial charge in [0.2, 0.25) is 0 Å². The van der Waals surface area contributed by atoms with Crippen molar-refractivity contribution in [3.05, 3.63) is 57.7 Å². The van der Waals surface area contributed by atoms with E-state index >= 15 is 0 Å². The molecular formula is C22H23ClN2O3. The highest BCUT2D eigenvalue weighted by molar-refractivity contribution is 6.32. The molecule has 4 rings (SSSR count). The molecule has 0 unspecified atom stereocenters. The normalized spacial score (nSPS) is 19.8. The quantitative estimate of drug-likeness (QED) is 0.712. The molecule has 6 heteroatoms. The van der Waals surface area contributed by atoms with Crippen molar-refractivity contribution in [2.75, 3.05) is 25.1 Å². The van der Waals surface area contributed by atoms with E-state index in [1.165, 1.54) is 6.07 Å². The van der Waals surface area contributed by atoms with Gasteiger partial charge in [-0.15, -0.1) is 0 Å². The Morgan fingerprint density at radius 1 is 1.11 bits per heavy atom. The van der Waals surface area contributed by atoms with Gasteiger partial charge in [0.15, 0.2) is 5.43 Å². The molecule has 1 saturated heterocycles. The van der Waals surface area contributed by atoms with Crippen LogP contribution < -0.4 is 20.4 Å². The van der Waals surface area contributed by atoms with E-state index in [1.807, 2.05) is 24.3 Å². The van der Waals surface area contributed by atoms with Crippen molar-refractivity contribution < 1.29 is 9.15 Å². The molecule has 0 aliphatic carbocycles. The first-order valence-corrected chi connectivity index (χ1v) is 9.75. The van der Waals surface area contributed by atoms with Crippen molar-refractivity contribution >= 4 is 28.3 Å². The highest BCUT2D eigenvalue weighted by Crippen LogP contribution is 2.31. The van der Waals surface area contributed by atoms with Crippen LogP contribution >= 0.6 is 11.6 Å². The van der Waals surface area contributed by atoms with Crippen LogP contribution in [0.15, 0.2) is 51.7 Å². The molecule has 146 valence electrons. The number of nitrogens with one attached hydrogen (secondary N) is 1. The Kier molecular flexibility index (Phi) is 5.04. The van der Waals surface area contributed by atoms with Gasteiger partial charge in [-0.3, -0.25) is 4.79 Å². The Balaban J connectivity index is 1.72. The largest absolute Gasteiger partial charge is 0.495 e. The molecule has 0 radical (unpaired) electrons. The Morgan fingerprint density at radius 3 is 2.54 bits per heavy atom. The lowest BCUT2D eigenvalue weighted by atomic mass is 10.1.